The van der Waals surface area contributed by atoms with Crippen molar-refractivity contribution in [3.8, 4) is 11.1 Å². The molecule has 0 bridgehead atoms. The third-order valence-corrected chi connectivity index (χ3v) is 13.3. The molecule has 342 valence electrons. The first kappa shape index (κ1) is 43.8. The van der Waals surface area contributed by atoms with Crippen LogP contribution in [0.2, 0.25) is 0 Å². The van der Waals surface area contributed by atoms with Crippen molar-refractivity contribution < 1.29 is 33.3 Å². The molecule has 1 amide bonds. The third kappa shape index (κ3) is 9.10. The predicted octanol–water partition coefficient (Wildman–Crippen LogP) is 5.38. The molecular formula is C44H56F3N13O4. The summed E-state index contributed by atoms with van der Waals surface area (Å²) in [6.07, 6.45) is 12.5. The number of carbonyl (C=O) groups is 1. The molecule has 6 aromatic rings. The van der Waals surface area contributed by atoms with Crippen molar-refractivity contribution >= 4 is 34.0 Å². The predicted molar refractivity (Wildman–Crippen MR) is 232 cm³/mol. The number of nitrogens with one attached hydrogen (secondary N) is 2. The van der Waals surface area contributed by atoms with Crippen LogP contribution in [0, 0.1) is 17.7 Å². The van der Waals surface area contributed by atoms with Gasteiger partial charge in [-0.05, 0) is 101 Å². The number of alkyl halides is 2. The van der Waals surface area contributed by atoms with Crippen molar-refractivity contribution in [3.05, 3.63) is 72.5 Å². The van der Waals surface area contributed by atoms with Crippen LogP contribution in [0.1, 0.15) is 99.3 Å². The molecule has 1 aliphatic carbocycles. The molecule has 17 nitrogen and oxygen atoms in total. The van der Waals surface area contributed by atoms with E-state index >= 15 is 4.39 Å². The fourth-order valence-corrected chi connectivity index (χ4v) is 9.92. The first-order valence-electron chi connectivity index (χ1n) is 22.5. The van der Waals surface area contributed by atoms with Crippen molar-refractivity contribution in [3.63, 3.8) is 0 Å². The van der Waals surface area contributed by atoms with Crippen LogP contribution >= 0.6 is 0 Å². The van der Waals surface area contributed by atoms with E-state index in [0.29, 0.717) is 65.6 Å². The monoisotopic (exact) mass is 887 g/mol. The highest BCUT2D eigenvalue weighted by Crippen LogP contribution is 2.37. The molecule has 0 radical (unpaired) electrons. The summed E-state index contributed by atoms with van der Waals surface area (Å²) < 4.78 is 50.7. The van der Waals surface area contributed by atoms with Crippen LogP contribution in [0.15, 0.2) is 55.4 Å². The van der Waals surface area contributed by atoms with Crippen LogP contribution in [-0.4, -0.2) is 122 Å². The molecule has 3 fully saturated rings. The summed E-state index contributed by atoms with van der Waals surface area (Å²) in [6.45, 7) is 6.64. The molecule has 3 aliphatic rings. The largest absolute Gasteiger partial charge is 0.395 e. The molecule has 2 saturated heterocycles. The number of amides is 1. The molecular weight excluding hydrogens is 832 g/mol. The Labute approximate surface area is 367 Å². The highest BCUT2D eigenvalue weighted by Gasteiger charge is 2.32. The number of piperidine rings is 2. The van der Waals surface area contributed by atoms with Crippen LogP contribution in [0.25, 0.3) is 27.7 Å². The van der Waals surface area contributed by atoms with Crippen molar-refractivity contribution in [1.29, 1.82) is 0 Å². The lowest BCUT2D eigenvalue weighted by molar-refractivity contribution is -0.0296. The van der Waals surface area contributed by atoms with E-state index in [9.17, 15) is 28.9 Å². The van der Waals surface area contributed by atoms with E-state index in [4.69, 9.17) is 0 Å². The molecule has 3 atom stereocenters. The van der Waals surface area contributed by atoms with Gasteiger partial charge in [-0.15, -0.1) is 0 Å². The van der Waals surface area contributed by atoms with Gasteiger partial charge in [0.05, 0.1) is 48.5 Å². The topological polar surface area (TPSA) is 192 Å². The number of hydrogen-bond acceptors (Lipinski definition) is 12. The molecule has 2 aliphatic heterocycles. The molecule has 9 rings (SSSR count). The Bertz CT molecular complexity index is 2540. The molecule has 1 aromatic carbocycles. The average molecular weight is 888 g/mol. The number of carbonyl (C=O) groups excluding carboxylic acids is 1. The molecule has 7 heterocycles. The van der Waals surface area contributed by atoms with E-state index in [2.05, 4.69) is 40.9 Å². The second-order valence-corrected chi connectivity index (χ2v) is 17.6. The van der Waals surface area contributed by atoms with Gasteiger partial charge in [-0.1, -0.05) is 6.92 Å². The Kier molecular flexibility index (Phi) is 13.0. The lowest BCUT2D eigenvalue weighted by Gasteiger charge is -2.36. The van der Waals surface area contributed by atoms with Crippen LogP contribution in [-0.2, 0) is 6.54 Å². The number of benzene rings is 1. The lowest BCUT2D eigenvalue weighted by atomic mass is 9.85. The molecule has 20 heteroatoms. The number of halogens is 3. The number of aromatic nitrogens is 9. The minimum absolute atomic E-state index is 0.0339. The van der Waals surface area contributed by atoms with Crippen molar-refractivity contribution in [2.75, 3.05) is 49.5 Å². The standard InChI is InChI=1S/C44H56F3N13O4/c1-2-14-56(18-19-61)37-13-17-58-42(52-37)32(22-49-58)43(63)51-34-26-59(54-40(34)41(46)47)30-5-3-27(4-6-30)23-55-15-11-28(12-16-55)24-57-25-29(20-48-57)39-31-21-50-60(35(31)8-7-33(39)45)36-9-10-38(62)53-44(36)64/h7-8,13,17,20-22,25-28,30,36,38,41,44,53,61-62,64H,2-6,9-12,14-16,18-19,23-24H2,1H3,(H,51,63)/t27?,30?,36-,38-,44-/m1/s1. The number of fused-ring (bicyclic) bond motifs is 2. The number of aliphatic hydroxyl groups is 3. The number of nitrogens with zero attached hydrogens (tertiary/aromatic N) is 11. The molecule has 0 unspecified atom stereocenters. The van der Waals surface area contributed by atoms with Gasteiger partial charge in [-0.25, -0.2) is 22.7 Å². The Balaban J connectivity index is 0.768. The summed E-state index contributed by atoms with van der Waals surface area (Å²) in [5.74, 6) is 0.502. The number of anilines is 2. The fraction of sp³-hybridized carbons (Fsp3) is 0.545. The van der Waals surface area contributed by atoms with E-state index in [1.807, 2.05) is 22.7 Å². The Morgan fingerprint density at radius 1 is 0.938 bits per heavy atom. The van der Waals surface area contributed by atoms with Gasteiger partial charge in [-0.2, -0.15) is 20.4 Å². The summed E-state index contributed by atoms with van der Waals surface area (Å²) in [6, 6.07) is 4.41. The molecule has 1 saturated carbocycles. The molecule has 0 spiro atoms. The maximum Gasteiger partial charge on any atom is 0.284 e. The number of likely N-dealkylation sites (tertiary alicyclic amines) is 1. The summed E-state index contributed by atoms with van der Waals surface area (Å²) in [7, 11) is 0. The second-order valence-electron chi connectivity index (χ2n) is 17.6. The van der Waals surface area contributed by atoms with Crippen molar-refractivity contribution in [1.82, 2.24) is 54.2 Å². The summed E-state index contributed by atoms with van der Waals surface area (Å²) >= 11 is 0. The van der Waals surface area contributed by atoms with Gasteiger partial charge in [0.25, 0.3) is 12.3 Å². The van der Waals surface area contributed by atoms with Gasteiger partial charge in [0.2, 0.25) is 0 Å². The van der Waals surface area contributed by atoms with Crippen LogP contribution in [0.5, 0.6) is 0 Å². The molecule has 64 heavy (non-hydrogen) atoms. The van der Waals surface area contributed by atoms with E-state index in [0.717, 1.165) is 71.1 Å². The van der Waals surface area contributed by atoms with Gasteiger partial charge in [-0.3, -0.25) is 24.2 Å². The quantitative estimate of drug-likeness (QED) is 0.0886. The van der Waals surface area contributed by atoms with E-state index in [1.165, 1.54) is 23.0 Å². The SMILES string of the molecule is CCCN(CCO)c1ccn2ncc(C(=O)Nc3cn(C4CCC(CN5CCC(Cn6cc(-c7c(F)ccc8c7cnn8[C@@H]7CC[C@@H](O)N[C@@H]7O)cn6)CC5)CC4)nc3C(F)F)c2n1. The zero-order chi connectivity index (χ0) is 44.5. The van der Waals surface area contributed by atoms with Crippen molar-refractivity contribution in [2.45, 2.75) is 102 Å². The minimum Gasteiger partial charge on any atom is -0.395 e. The lowest BCUT2D eigenvalue weighted by Crippen LogP contribution is -2.48. The van der Waals surface area contributed by atoms with Gasteiger partial charge in [0, 0.05) is 61.3 Å². The minimum atomic E-state index is -2.88. The summed E-state index contributed by atoms with van der Waals surface area (Å²) in [4.78, 5) is 22.6. The first-order valence-corrected chi connectivity index (χ1v) is 22.5. The Hall–Kier alpha value is -5.41. The highest BCUT2D eigenvalue weighted by atomic mass is 19.3. The van der Waals surface area contributed by atoms with Gasteiger partial charge < -0.3 is 30.4 Å². The van der Waals surface area contributed by atoms with Crippen LogP contribution < -0.4 is 15.5 Å². The Morgan fingerprint density at radius 3 is 2.48 bits per heavy atom. The first-order chi connectivity index (χ1) is 31.1. The van der Waals surface area contributed by atoms with E-state index < -0.39 is 36.5 Å². The molecule has 5 N–H and O–H groups in total. The van der Waals surface area contributed by atoms with Gasteiger partial charge in [0.1, 0.15) is 29.7 Å². The van der Waals surface area contributed by atoms with Crippen molar-refractivity contribution in [2.24, 2.45) is 11.8 Å². The normalized spacial score (nSPS) is 22.5. The third-order valence-electron chi connectivity index (χ3n) is 13.3. The number of rotatable bonds is 15. The van der Waals surface area contributed by atoms with Gasteiger partial charge in [0.15, 0.2) is 11.3 Å². The Morgan fingerprint density at radius 2 is 1.73 bits per heavy atom. The van der Waals surface area contributed by atoms with E-state index in [1.54, 1.807) is 40.1 Å². The zero-order valence-electron chi connectivity index (χ0n) is 35.9. The second kappa shape index (κ2) is 19.0. The van der Waals surface area contributed by atoms with E-state index in [-0.39, 0.29) is 35.4 Å². The fourth-order valence-electron chi connectivity index (χ4n) is 9.92. The maximum absolute atomic E-state index is 15.4. The summed E-state index contributed by atoms with van der Waals surface area (Å²) in [5.41, 5.74) is 1.71. The zero-order valence-corrected chi connectivity index (χ0v) is 35.9. The smallest absolute Gasteiger partial charge is 0.284 e. The van der Waals surface area contributed by atoms with Crippen LogP contribution in [0.3, 0.4) is 0 Å². The van der Waals surface area contributed by atoms with Crippen LogP contribution in [0.4, 0.5) is 24.7 Å². The number of hydrogen-bond donors (Lipinski definition) is 5. The summed E-state index contributed by atoms with van der Waals surface area (Å²) in [5, 5.41) is 53.7. The maximum atomic E-state index is 15.4. The van der Waals surface area contributed by atoms with Gasteiger partial charge >= 0.3 is 0 Å². The molecule has 5 aromatic heterocycles. The highest BCUT2D eigenvalue weighted by molar-refractivity contribution is 6.08. The number of aliphatic hydroxyl groups excluding tert-OH is 3. The average Bonchev–Trinajstić information content (AvgIpc) is 4.11.